The molecule has 6 aromatic rings. The zero-order valence-corrected chi connectivity index (χ0v) is 27.9. The smallest absolute Gasteiger partial charge is 0.392 e. The Labute approximate surface area is 287 Å². The van der Waals surface area contributed by atoms with Gasteiger partial charge in [0.2, 0.25) is 0 Å². The summed E-state index contributed by atoms with van der Waals surface area (Å²) in [5, 5.41) is 0. The summed E-state index contributed by atoms with van der Waals surface area (Å²) < 4.78 is 38.9. The molecule has 2 nitrogen and oxygen atoms in total. The van der Waals surface area contributed by atoms with Crippen molar-refractivity contribution in [1.29, 1.82) is 0 Å². The Balaban J connectivity index is 1.47. The van der Waals surface area contributed by atoms with Crippen LogP contribution in [0, 0.1) is 20.8 Å². The second-order valence-electron chi connectivity index (χ2n) is 13.3. The fourth-order valence-electron chi connectivity index (χ4n) is 8.23. The highest BCUT2D eigenvalue weighted by atomic mass is 19.2. The van der Waals surface area contributed by atoms with Crippen molar-refractivity contribution in [2.45, 2.75) is 32.6 Å². The van der Waals surface area contributed by atoms with Gasteiger partial charge in [0.15, 0.2) is 5.70 Å². The number of hydrogen-bond donors (Lipinski definition) is 0. The van der Waals surface area contributed by atoms with Crippen LogP contribution in [0.4, 0.5) is 8.63 Å². The van der Waals surface area contributed by atoms with Crippen molar-refractivity contribution in [3.63, 3.8) is 0 Å². The number of rotatable bonds is 7. The molecule has 0 fully saturated rings. The lowest BCUT2D eigenvalue weighted by molar-refractivity contribution is -0.363. The van der Waals surface area contributed by atoms with Crippen molar-refractivity contribution in [3.05, 3.63) is 219 Å². The number of benzene rings is 5. The van der Waals surface area contributed by atoms with Crippen molar-refractivity contribution < 1.29 is 13.1 Å². The average Bonchev–Trinajstić information content (AvgIpc) is 3.75. The van der Waals surface area contributed by atoms with E-state index in [1.54, 1.807) is 0 Å². The Morgan fingerprint density at radius 1 is 0.551 bits per heavy atom. The fraction of sp³-hybridized carbons (Fsp3) is 0.114. The summed E-state index contributed by atoms with van der Waals surface area (Å²) >= 11 is 0. The van der Waals surface area contributed by atoms with Crippen molar-refractivity contribution >= 4 is 18.3 Å². The van der Waals surface area contributed by atoms with Crippen LogP contribution in [-0.4, -0.2) is 21.6 Å². The molecule has 1 aromatic heterocycles. The summed E-state index contributed by atoms with van der Waals surface area (Å²) in [5.41, 5.74) is 11.2. The molecule has 0 unspecified atom stereocenters. The predicted octanol–water partition coefficient (Wildman–Crippen LogP) is 10.4. The van der Waals surface area contributed by atoms with Gasteiger partial charge in [0.05, 0.1) is 11.5 Å². The van der Waals surface area contributed by atoms with E-state index in [4.69, 9.17) is 0 Å². The van der Waals surface area contributed by atoms with Gasteiger partial charge in [-0.15, -0.1) is 0 Å². The third-order valence-electron chi connectivity index (χ3n) is 10.1. The average molecular weight is 643 g/mol. The SMILES string of the molecule is Cc1cc(C)c(C2=C3C=CC(C(c4ccccc4)c4ccccc4)=[N+]3[B-](F)(F)n3c2ccc3C(c2ccccc2)c2ccccc2)c(C)c1. The van der Waals surface area contributed by atoms with Crippen LogP contribution in [0.2, 0.25) is 0 Å². The molecule has 5 heteroatoms. The summed E-state index contributed by atoms with van der Waals surface area (Å²) in [7, 11) is 0. The molecule has 5 aromatic carbocycles. The van der Waals surface area contributed by atoms with Gasteiger partial charge in [-0.3, -0.25) is 0 Å². The number of allylic oxidation sites excluding steroid dienone is 2. The normalized spacial score (nSPS) is 14.9. The standard InChI is InChI=1S/C44H37BF2N2/c1-30-28-31(2)41(32(3)29-30)44-39-26-24-37(42(33-16-8-4-9-17-33)34-18-10-5-11-19-34)48(39)45(46,47)49-38(25-27-40(44)49)43(35-20-12-6-13-21-35)36-22-14-7-15-23-36/h4-29,42-43H,1-3H3. The van der Waals surface area contributed by atoms with Crippen molar-refractivity contribution in [3.8, 4) is 0 Å². The summed E-state index contributed by atoms with van der Waals surface area (Å²) in [5.74, 6) is -0.796. The Kier molecular flexibility index (Phi) is 7.64. The molecular weight excluding hydrogens is 605 g/mol. The molecule has 0 saturated heterocycles. The van der Waals surface area contributed by atoms with Crippen LogP contribution in [0.5, 0.6) is 0 Å². The molecule has 0 saturated carbocycles. The predicted molar refractivity (Wildman–Crippen MR) is 197 cm³/mol. The molecule has 8 rings (SSSR count). The van der Waals surface area contributed by atoms with E-state index in [0.717, 1.165) is 50.1 Å². The maximum atomic E-state index is 18.1. The van der Waals surface area contributed by atoms with Gasteiger partial charge in [-0.2, -0.15) is 0 Å². The van der Waals surface area contributed by atoms with Gasteiger partial charge in [0.1, 0.15) is 5.71 Å². The molecule has 240 valence electrons. The first kappa shape index (κ1) is 30.8. The van der Waals surface area contributed by atoms with E-state index in [1.807, 2.05) is 146 Å². The molecule has 0 amide bonds. The number of nitrogens with zero attached hydrogens (tertiary/aromatic N) is 2. The summed E-state index contributed by atoms with van der Waals surface area (Å²) in [6, 6.07) is 48.2. The molecular formula is C44H37BF2N2. The first-order valence-electron chi connectivity index (χ1n) is 16.9. The molecule has 0 spiro atoms. The molecule has 0 radical (unpaired) electrons. The Hall–Kier alpha value is -5.55. The van der Waals surface area contributed by atoms with E-state index in [2.05, 4.69) is 32.9 Å². The second kappa shape index (κ2) is 12.2. The first-order chi connectivity index (χ1) is 23.8. The molecule has 0 N–H and O–H groups in total. The van der Waals surface area contributed by atoms with E-state index in [1.165, 1.54) is 8.96 Å². The first-order valence-corrected chi connectivity index (χ1v) is 16.9. The topological polar surface area (TPSA) is 7.94 Å². The van der Waals surface area contributed by atoms with E-state index in [0.29, 0.717) is 22.8 Å². The van der Waals surface area contributed by atoms with E-state index < -0.39 is 18.8 Å². The van der Waals surface area contributed by atoms with E-state index >= 15 is 8.63 Å². The van der Waals surface area contributed by atoms with E-state index in [9.17, 15) is 0 Å². The van der Waals surface area contributed by atoms with Crippen LogP contribution in [0.1, 0.15) is 67.7 Å². The Morgan fingerprint density at radius 2 is 1.00 bits per heavy atom. The van der Waals surface area contributed by atoms with Crippen molar-refractivity contribution in [1.82, 2.24) is 4.48 Å². The van der Waals surface area contributed by atoms with Gasteiger partial charge in [-0.05, 0) is 77.5 Å². The van der Waals surface area contributed by atoms with Gasteiger partial charge < -0.3 is 17.6 Å². The molecule has 0 aliphatic carbocycles. The third kappa shape index (κ3) is 5.12. The number of aryl methyl sites for hydroxylation is 3. The highest BCUT2D eigenvalue weighted by molar-refractivity contribution is 6.58. The summed E-state index contributed by atoms with van der Waals surface area (Å²) in [6.07, 6.45) is 3.84. The maximum Gasteiger partial charge on any atom is 0.737 e. The molecule has 0 atom stereocenters. The van der Waals surface area contributed by atoms with Gasteiger partial charge in [-0.25, -0.2) is 0 Å². The number of halogens is 2. The Bertz CT molecular complexity index is 2170. The van der Waals surface area contributed by atoms with Gasteiger partial charge in [0, 0.05) is 23.8 Å². The van der Waals surface area contributed by atoms with Crippen molar-refractivity contribution in [2.75, 3.05) is 0 Å². The zero-order valence-electron chi connectivity index (χ0n) is 27.9. The molecule has 2 aliphatic rings. The maximum absolute atomic E-state index is 18.1. The van der Waals surface area contributed by atoms with Gasteiger partial charge >= 0.3 is 6.97 Å². The Morgan fingerprint density at radius 3 is 1.47 bits per heavy atom. The second-order valence-corrected chi connectivity index (χ2v) is 13.3. The zero-order chi connectivity index (χ0) is 33.7. The minimum atomic E-state index is -4.35. The summed E-state index contributed by atoms with van der Waals surface area (Å²) in [6.45, 7) is 1.92. The van der Waals surface area contributed by atoms with Crippen LogP contribution in [0.15, 0.2) is 163 Å². The van der Waals surface area contributed by atoms with Crippen LogP contribution >= 0.6 is 0 Å². The third-order valence-corrected chi connectivity index (χ3v) is 10.1. The number of hydrogen-bond acceptors (Lipinski definition) is 0. The number of fused-ring (bicyclic) bond motifs is 2. The number of aromatic nitrogens is 1. The largest absolute Gasteiger partial charge is 0.737 e. The van der Waals surface area contributed by atoms with Crippen LogP contribution in [-0.2, 0) is 0 Å². The lowest BCUT2D eigenvalue weighted by atomic mass is 9.80. The van der Waals surface area contributed by atoms with Crippen LogP contribution < -0.4 is 0 Å². The van der Waals surface area contributed by atoms with E-state index in [-0.39, 0.29) is 0 Å². The molecule has 49 heavy (non-hydrogen) atoms. The van der Waals surface area contributed by atoms with Crippen LogP contribution in [0.25, 0.3) is 5.57 Å². The molecule has 2 aliphatic heterocycles. The molecule has 0 bridgehead atoms. The van der Waals surface area contributed by atoms with Crippen LogP contribution in [0.3, 0.4) is 0 Å². The lowest BCUT2D eigenvalue weighted by Gasteiger charge is -2.36. The monoisotopic (exact) mass is 642 g/mol. The van der Waals surface area contributed by atoms with Gasteiger partial charge in [-0.1, -0.05) is 139 Å². The fourth-order valence-corrected chi connectivity index (χ4v) is 8.23. The summed E-state index contributed by atoms with van der Waals surface area (Å²) in [4.78, 5) is 0. The lowest BCUT2D eigenvalue weighted by Crippen LogP contribution is -2.52. The van der Waals surface area contributed by atoms with Crippen molar-refractivity contribution in [2.24, 2.45) is 0 Å². The minimum absolute atomic E-state index is 0.398. The quantitative estimate of drug-likeness (QED) is 0.153. The van der Waals surface area contributed by atoms with Gasteiger partial charge in [0.25, 0.3) is 0 Å². The highest BCUT2D eigenvalue weighted by Crippen LogP contribution is 2.46. The highest BCUT2D eigenvalue weighted by Gasteiger charge is 2.56. The molecule has 3 heterocycles. The minimum Gasteiger partial charge on any atom is -0.392 e.